The maximum absolute atomic E-state index is 12.5. The van der Waals surface area contributed by atoms with Crippen molar-refractivity contribution < 1.29 is 13.2 Å². The number of carbonyl (C=O) groups excluding carboxylic acids is 1. The van der Waals surface area contributed by atoms with Crippen molar-refractivity contribution in [3.63, 3.8) is 0 Å². The molecule has 1 aliphatic rings. The summed E-state index contributed by atoms with van der Waals surface area (Å²) < 4.78 is 27.8. The number of hydrogen-bond acceptors (Lipinski definition) is 3. The predicted molar refractivity (Wildman–Crippen MR) is 79.6 cm³/mol. The summed E-state index contributed by atoms with van der Waals surface area (Å²) in [6, 6.07) is 3.37. The number of benzene rings is 1. The number of aryl methyl sites for hydroxylation is 1. The third-order valence-corrected chi connectivity index (χ3v) is 6.82. The van der Waals surface area contributed by atoms with Gasteiger partial charge in [-0.2, -0.15) is 4.31 Å². The van der Waals surface area contributed by atoms with Gasteiger partial charge in [0, 0.05) is 34.9 Å². The Morgan fingerprint density at radius 1 is 1.11 bits per heavy atom. The van der Waals surface area contributed by atoms with Crippen LogP contribution in [0, 0.1) is 6.92 Å². The van der Waals surface area contributed by atoms with E-state index in [9.17, 15) is 13.2 Å². The second-order valence-corrected chi connectivity index (χ2v) is 8.09. The largest absolute Gasteiger partial charge is 0.300 e. The minimum Gasteiger partial charge on any atom is -0.300 e. The second kappa shape index (κ2) is 5.63. The summed E-state index contributed by atoms with van der Waals surface area (Å²) in [7, 11) is -3.55. The summed E-state index contributed by atoms with van der Waals surface area (Å²) in [5.41, 5.74) is 0.958. The summed E-state index contributed by atoms with van der Waals surface area (Å²) >= 11 is 6.65. The smallest absolute Gasteiger partial charge is 0.244 e. The SMILES string of the molecule is Cc1cc(Br)c(S(=O)(=O)N2CCC(=O)CC2)cc1Br. The molecule has 0 aliphatic carbocycles. The van der Waals surface area contributed by atoms with Crippen LogP contribution in [0.5, 0.6) is 0 Å². The molecule has 1 fully saturated rings. The number of Topliss-reactive ketones (excluding diaryl/α,β-unsaturated/α-hetero) is 1. The van der Waals surface area contributed by atoms with E-state index < -0.39 is 10.0 Å². The molecule has 19 heavy (non-hydrogen) atoms. The summed E-state index contributed by atoms with van der Waals surface area (Å²) in [4.78, 5) is 11.4. The Bertz CT molecular complexity index is 618. The molecule has 1 aromatic rings. The van der Waals surface area contributed by atoms with Crippen LogP contribution in [0.25, 0.3) is 0 Å². The molecular weight excluding hydrogens is 398 g/mol. The Hall–Kier alpha value is -0.240. The highest BCUT2D eigenvalue weighted by Crippen LogP contribution is 2.31. The fourth-order valence-corrected chi connectivity index (χ4v) is 5.02. The maximum Gasteiger partial charge on any atom is 0.244 e. The fourth-order valence-electron chi connectivity index (χ4n) is 1.94. The molecule has 0 N–H and O–H groups in total. The summed E-state index contributed by atoms with van der Waals surface area (Å²) in [5, 5.41) is 0. The van der Waals surface area contributed by atoms with Gasteiger partial charge >= 0.3 is 0 Å². The number of piperidine rings is 1. The molecule has 1 aromatic carbocycles. The Labute approximate surface area is 129 Å². The molecule has 0 aromatic heterocycles. The number of sulfonamides is 1. The number of rotatable bonds is 2. The first-order valence-electron chi connectivity index (χ1n) is 5.80. The first-order chi connectivity index (χ1) is 8.82. The molecule has 4 nitrogen and oxygen atoms in total. The quantitative estimate of drug-likeness (QED) is 0.753. The lowest BCUT2D eigenvalue weighted by Gasteiger charge is -2.26. The highest BCUT2D eigenvalue weighted by atomic mass is 79.9. The van der Waals surface area contributed by atoms with Gasteiger partial charge in [-0.25, -0.2) is 8.42 Å². The van der Waals surface area contributed by atoms with Crippen LogP contribution in [0.4, 0.5) is 0 Å². The van der Waals surface area contributed by atoms with Crippen molar-refractivity contribution in [3.05, 3.63) is 26.6 Å². The van der Waals surface area contributed by atoms with Crippen LogP contribution in [0.1, 0.15) is 18.4 Å². The van der Waals surface area contributed by atoms with Gasteiger partial charge in [-0.15, -0.1) is 0 Å². The number of nitrogens with zero attached hydrogens (tertiary/aromatic N) is 1. The van der Waals surface area contributed by atoms with E-state index in [1.165, 1.54) is 4.31 Å². The molecule has 1 saturated heterocycles. The normalized spacial score (nSPS) is 17.7. The molecule has 0 radical (unpaired) electrons. The van der Waals surface area contributed by atoms with Crippen molar-refractivity contribution in [3.8, 4) is 0 Å². The van der Waals surface area contributed by atoms with Gasteiger partial charge in [-0.1, -0.05) is 15.9 Å². The molecule has 0 unspecified atom stereocenters. The first-order valence-corrected chi connectivity index (χ1v) is 8.82. The Balaban J connectivity index is 2.40. The summed E-state index contributed by atoms with van der Waals surface area (Å²) in [6.45, 7) is 2.42. The van der Waals surface area contributed by atoms with Gasteiger partial charge in [0.1, 0.15) is 5.78 Å². The van der Waals surface area contributed by atoms with E-state index in [1.807, 2.05) is 6.92 Å². The van der Waals surface area contributed by atoms with Gasteiger partial charge in [0.15, 0.2) is 0 Å². The van der Waals surface area contributed by atoms with E-state index in [0.717, 1.165) is 10.0 Å². The number of carbonyl (C=O) groups is 1. The van der Waals surface area contributed by atoms with Gasteiger partial charge in [0.2, 0.25) is 10.0 Å². The zero-order valence-electron chi connectivity index (χ0n) is 10.3. The van der Waals surface area contributed by atoms with Crippen LogP contribution in [-0.4, -0.2) is 31.6 Å². The van der Waals surface area contributed by atoms with Crippen LogP contribution in [0.2, 0.25) is 0 Å². The molecule has 0 amide bonds. The fraction of sp³-hybridized carbons (Fsp3) is 0.417. The highest BCUT2D eigenvalue weighted by molar-refractivity contribution is 9.11. The maximum atomic E-state index is 12.5. The van der Waals surface area contributed by atoms with E-state index >= 15 is 0 Å². The molecule has 2 rings (SSSR count). The van der Waals surface area contributed by atoms with E-state index in [1.54, 1.807) is 12.1 Å². The lowest BCUT2D eigenvalue weighted by Crippen LogP contribution is -2.38. The van der Waals surface area contributed by atoms with Gasteiger partial charge in [-0.3, -0.25) is 4.79 Å². The molecule has 0 atom stereocenters. The van der Waals surface area contributed by atoms with Crippen molar-refractivity contribution in [1.29, 1.82) is 0 Å². The molecule has 104 valence electrons. The molecule has 0 spiro atoms. The monoisotopic (exact) mass is 409 g/mol. The van der Waals surface area contributed by atoms with Crippen LogP contribution in [0.3, 0.4) is 0 Å². The highest BCUT2D eigenvalue weighted by Gasteiger charge is 2.30. The minimum atomic E-state index is -3.55. The lowest BCUT2D eigenvalue weighted by molar-refractivity contribution is -0.120. The summed E-state index contributed by atoms with van der Waals surface area (Å²) in [6.07, 6.45) is 0.591. The van der Waals surface area contributed by atoms with E-state index in [4.69, 9.17) is 0 Å². The first kappa shape index (κ1) is 15.2. The van der Waals surface area contributed by atoms with Crippen molar-refractivity contribution in [2.45, 2.75) is 24.7 Å². The average molecular weight is 411 g/mol. The molecule has 7 heteroatoms. The van der Waals surface area contributed by atoms with Gasteiger partial charge in [-0.05, 0) is 40.5 Å². The predicted octanol–water partition coefficient (Wildman–Crippen LogP) is 2.87. The van der Waals surface area contributed by atoms with Gasteiger partial charge in [0.05, 0.1) is 4.90 Å². The summed E-state index contributed by atoms with van der Waals surface area (Å²) in [5.74, 6) is 0.121. The van der Waals surface area contributed by atoms with Crippen molar-refractivity contribution in [1.82, 2.24) is 4.31 Å². The average Bonchev–Trinajstić information content (AvgIpc) is 2.34. The molecule has 0 saturated carbocycles. The van der Waals surface area contributed by atoms with E-state index in [-0.39, 0.29) is 23.8 Å². The molecule has 1 aliphatic heterocycles. The van der Waals surface area contributed by atoms with Crippen molar-refractivity contribution >= 4 is 47.7 Å². The Morgan fingerprint density at radius 3 is 2.26 bits per heavy atom. The van der Waals surface area contributed by atoms with Gasteiger partial charge in [0.25, 0.3) is 0 Å². The molecule has 0 bridgehead atoms. The van der Waals surface area contributed by atoms with Crippen molar-refractivity contribution in [2.24, 2.45) is 0 Å². The van der Waals surface area contributed by atoms with Crippen molar-refractivity contribution in [2.75, 3.05) is 13.1 Å². The van der Waals surface area contributed by atoms with Gasteiger partial charge < -0.3 is 0 Å². The Morgan fingerprint density at radius 2 is 1.68 bits per heavy atom. The van der Waals surface area contributed by atoms with Crippen LogP contribution in [0.15, 0.2) is 26.0 Å². The topological polar surface area (TPSA) is 54.5 Å². The van der Waals surface area contributed by atoms with Crippen LogP contribution in [-0.2, 0) is 14.8 Å². The zero-order valence-corrected chi connectivity index (χ0v) is 14.3. The molecule has 1 heterocycles. The Kier molecular flexibility index (Phi) is 4.49. The number of ketones is 1. The van der Waals surface area contributed by atoms with Crippen LogP contribution >= 0.6 is 31.9 Å². The lowest BCUT2D eigenvalue weighted by atomic mass is 10.1. The van der Waals surface area contributed by atoms with Crippen LogP contribution < -0.4 is 0 Å². The zero-order chi connectivity index (χ0) is 14.2. The standard InChI is InChI=1S/C12H13Br2NO3S/c1-8-6-11(14)12(7-10(8)13)19(17,18)15-4-2-9(16)3-5-15/h6-7H,2-5H2,1H3. The number of halogens is 2. The number of hydrogen-bond donors (Lipinski definition) is 0. The van der Waals surface area contributed by atoms with E-state index in [2.05, 4.69) is 31.9 Å². The van der Waals surface area contributed by atoms with E-state index in [0.29, 0.717) is 17.3 Å². The third kappa shape index (κ3) is 3.09. The second-order valence-electron chi connectivity index (χ2n) is 4.47. The minimum absolute atomic E-state index is 0.121. The molecular formula is C12H13Br2NO3S. The third-order valence-electron chi connectivity index (χ3n) is 3.11.